The number of ketones is 1. The summed E-state index contributed by atoms with van der Waals surface area (Å²) in [6.45, 7) is 1.88. The molecule has 10 nitrogen and oxygen atoms in total. The van der Waals surface area contributed by atoms with Crippen LogP contribution in [0.5, 0.6) is 0 Å². The van der Waals surface area contributed by atoms with Gasteiger partial charge in [0.05, 0.1) is 6.21 Å². The minimum atomic E-state index is -1.01. The third-order valence-corrected chi connectivity index (χ3v) is 7.60. The first-order valence-electron chi connectivity index (χ1n) is 14.0. The molecule has 1 aromatic heterocycles. The number of nitrogens with one attached hydrogen (secondary N) is 5. The molecule has 0 spiro atoms. The number of piperidine rings is 1. The third-order valence-electron chi connectivity index (χ3n) is 7.60. The Hall–Kier alpha value is -4.31. The normalized spacial score (nSPS) is 15.5. The molecule has 0 radical (unpaired) electrons. The minimum absolute atomic E-state index is 0.0310. The molecule has 0 aliphatic carbocycles. The van der Waals surface area contributed by atoms with Crippen molar-refractivity contribution in [2.45, 2.75) is 50.7 Å². The molecule has 2 atom stereocenters. The maximum Gasteiger partial charge on any atom is 0.243 e. The van der Waals surface area contributed by atoms with Crippen molar-refractivity contribution >= 4 is 40.6 Å². The van der Waals surface area contributed by atoms with Crippen LogP contribution in [0.3, 0.4) is 0 Å². The van der Waals surface area contributed by atoms with Crippen LogP contribution in [0, 0.1) is 11.3 Å². The van der Waals surface area contributed by atoms with Gasteiger partial charge in [-0.05, 0) is 56.6 Å². The molecule has 0 unspecified atom stereocenters. The number of H-pyrrole nitrogens is 1. The lowest BCUT2D eigenvalue weighted by Crippen LogP contribution is -2.55. The Morgan fingerprint density at radius 3 is 2.41 bits per heavy atom. The van der Waals surface area contributed by atoms with E-state index in [1.807, 2.05) is 67.8 Å². The molecule has 1 fully saturated rings. The number of likely N-dealkylation sites (tertiary alicyclic amines) is 1. The van der Waals surface area contributed by atoms with Crippen LogP contribution in [0.15, 0.2) is 60.8 Å². The van der Waals surface area contributed by atoms with Crippen LogP contribution in [-0.4, -0.2) is 71.8 Å². The van der Waals surface area contributed by atoms with E-state index in [9.17, 15) is 19.2 Å². The van der Waals surface area contributed by atoms with Crippen LogP contribution < -0.4 is 16.0 Å². The summed E-state index contributed by atoms with van der Waals surface area (Å²) < 4.78 is 0. The lowest BCUT2D eigenvalue weighted by molar-refractivity contribution is -0.134. The van der Waals surface area contributed by atoms with Crippen LogP contribution in [0.25, 0.3) is 10.9 Å². The molecule has 216 valence electrons. The van der Waals surface area contributed by atoms with Gasteiger partial charge in [-0.2, -0.15) is 0 Å². The highest BCUT2D eigenvalue weighted by atomic mass is 16.2. The standard InChI is InChI=1S/C31H38N6O4/c1-37-15-13-22(14-16-37)29(39)36-28(17-23-20-33-26-10-6-5-9-25(23)26)31(41)35-27(12-11-24(38)18-32)30(40)34-19-21-7-3-2-4-8-21/h2-10,18,20,22,27-28,32-33H,11-17,19H2,1H3,(H,34,40)(H,35,41)(H,36,39)/t27-,28-/m0/s1. The Morgan fingerprint density at radius 1 is 0.976 bits per heavy atom. The number of aromatic nitrogens is 1. The first-order chi connectivity index (χ1) is 19.8. The molecule has 5 N–H and O–H groups in total. The molecule has 2 aromatic carbocycles. The number of para-hydroxylation sites is 1. The lowest BCUT2D eigenvalue weighted by Gasteiger charge is -2.30. The number of hydrogen-bond acceptors (Lipinski definition) is 6. The van der Waals surface area contributed by atoms with Gasteiger partial charge >= 0.3 is 0 Å². The number of carbonyl (C=O) groups is 4. The highest BCUT2D eigenvalue weighted by Crippen LogP contribution is 2.21. The number of fused-ring (bicyclic) bond motifs is 1. The van der Waals surface area contributed by atoms with E-state index in [0.717, 1.165) is 35.1 Å². The van der Waals surface area contributed by atoms with Crippen molar-refractivity contribution in [1.82, 2.24) is 25.8 Å². The number of rotatable bonds is 13. The number of benzene rings is 2. The SMILES string of the molecule is CN1CCC(C(=O)N[C@@H](Cc2c[nH]c3ccccc23)C(=O)N[C@@H](CCC(=O)C=N)C(=O)NCc2ccccc2)CC1. The van der Waals surface area contributed by atoms with Crippen LogP contribution in [0.2, 0.25) is 0 Å². The van der Waals surface area contributed by atoms with Crippen molar-refractivity contribution in [2.24, 2.45) is 5.92 Å². The van der Waals surface area contributed by atoms with Crippen LogP contribution >= 0.6 is 0 Å². The zero-order chi connectivity index (χ0) is 29.2. The number of Topliss-reactive ketones (excluding diaryl/α,β-unsaturated/α-hetero) is 1. The monoisotopic (exact) mass is 558 g/mol. The summed E-state index contributed by atoms with van der Waals surface area (Å²) in [5, 5.41) is 16.8. The second-order valence-corrected chi connectivity index (χ2v) is 10.6. The quantitative estimate of drug-likeness (QED) is 0.204. The van der Waals surface area contributed by atoms with Crippen molar-refractivity contribution < 1.29 is 19.2 Å². The molecule has 1 aliphatic heterocycles. The Balaban J connectivity index is 1.51. The number of carbonyl (C=O) groups excluding carboxylic acids is 4. The molecule has 2 heterocycles. The van der Waals surface area contributed by atoms with E-state index in [1.165, 1.54) is 0 Å². The predicted molar refractivity (Wildman–Crippen MR) is 157 cm³/mol. The average Bonchev–Trinajstić information content (AvgIpc) is 3.40. The number of nitrogens with zero attached hydrogens (tertiary/aromatic N) is 1. The molecular formula is C31H38N6O4. The molecule has 10 heteroatoms. The zero-order valence-electron chi connectivity index (χ0n) is 23.3. The van der Waals surface area contributed by atoms with E-state index in [2.05, 4.69) is 25.8 Å². The summed E-state index contributed by atoms with van der Waals surface area (Å²) in [5.74, 6) is -1.75. The van der Waals surface area contributed by atoms with Gasteiger partial charge in [-0.25, -0.2) is 0 Å². The van der Waals surface area contributed by atoms with Gasteiger partial charge in [0, 0.05) is 42.4 Å². The first kappa shape index (κ1) is 29.7. The summed E-state index contributed by atoms with van der Waals surface area (Å²) in [7, 11) is 2.02. The van der Waals surface area contributed by atoms with E-state index >= 15 is 0 Å². The van der Waals surface area contributed by atoms with E-state index in [4.69, 9.17) is 5.41 Å². The highest BCUT2D eigenvalue weighted by molar-refractivity contribution is 6.26. The van der Waals surface area contributed by atoms with Crippen LogP contribution in [0.1, 0.15) is 36.8 Å². The topological polar surface area (TPSA) is 147 Å². The van der Waals surface area contributed by atoms with Crippen molar-refractivity contribution in [3.05, 3.63) is 71.9 Å². The van der Waals surface area contributed by atoms with E-state index < -0.39 is 29.7 Å². The number of aromatic amines is 1. The Kier molecular flexibility index (Phi) is 10.4. The molecule has 1 saturated heterocycles. The predicted octanol–water partition coefficient (Wildman–Crippen LogP) is 2.34. The summed E-state index contributed by atoms with van der Waals surface area (Å²) >= 11 is 0. The largest absolute Gasteiger partial charge is 0.361 e. The zero-order valence-corrected chi connectivity index (χ0v) is 23.3. The van der Waals surface area contributed by atoms with Crippen molar-refractivity contribution in [2.75, 3.05) is 20.1 Å². The molecule has 3 amide bonds. The molecule has 41 heavy (non-hydrogen) atoms. The number of amides is 3. The van der Waals surface area contributed by atoms with E-state index in [-0.39, 0.29) is 37.6 Å². The summed E-state index contributed by atoms with van der Waals surface area (Å²) in [4.78, 5) is 57.4. The van der Waals surface area contributed by atoms with Crippen molar-refractivity contribution in [1.29, 1.82) is 5.41 Å². The summed E-state index contributed by atoms with van der Waals surface area (Å²) in [5.41, 5.74) is 2.68. The van der Waals surface area contributed by atoms with Gasteiger partial charge in [0.15, 0.2) is 5.78 Å². The fourth-order valence-electron chi connectivity index (χ4n) is 5.10. The highest BCUT2D eigenvalue weighted by Gasteiger charge is 2.31. The maximum absolute atomic E-state index is 13.7. The molecule has 1 aliphatic rings. The molecule has 0 saturated carbocycles. The third kappa shape index (κ3) is 8.34. The Morgan fingerprint density at radius 2 is 1.68 bits per heavy atom. The molecular weight excluding hydrogens is 520 g/mol. The smallest absolute Gasteiger partial charge is 0.243 e. The minimum Gasteiger partial charge on any atom is -0.361 e. The van der Waals surface area contributed by atoms with Gasteiger partial charge in [-0.3, -0.25) is 19.2 Å². The molecule has 4 rings (SSSR count). The van der Waals surface area contributed by atoms with Gasteiger partial charge in [0.1, 0.15) is 12.1 Å². The number of hydrogen-bond donors (Lipinski definition) is 5. The summed E-state index contributed by atoms with van der Waals surface area (Å²) in [6.07, 6.45) is 4.15. The molecule has 3 aromatic rings. The fraction of sp³-hybridized carbons (Fsp3) is 0.387. The fourth-order valence-corrected chi connectivity index (χ4v) is 5.10. The maximum atomic E-state index is 13.7. The Labute approximate surface area is 239 Å². The van der Waals surface area contributed by atoms with E-state index in [1.54, 1.807) is 0 Å². The van der Waals surface area contributed by atoms with Gasteiger partial charge in [-0.1, -0.05) is 48.5 Å². The van der Waals surface area contributed by atoms with Gasteiger partial charge in [0.25, 0.3) is 0 Å². The van der Waals surface area contributed by atoms with E-state index in [0.29, 0.717) is 19.1 Å². The van der Waals surface area contributed by atoms with Gasteiger partial charge < -0.3 is 31.2 Å². The van der Waals surface area contributed by atoms with Crippen molar-refractivity contribution in [3.63, 3.8) is 0 Å². The lowest BCUT2D eigenvalue weighted by atomic mass is 9.95. The average molecular weight is 559 g/mol. The second kappa shape index (κ2) is 14.4. The van der Waals surface area contributed by atoms with Crippen LogP contribution in [0.4, 0.5) is 0 Å². The van der Waals surface area contributed by atoms with Gasteiger partial charge in [-0.15, -0.1) is 0 Å². The Bertz CT molecular complexity index is 1360. The van der Waals surface area contributed by atoms with Gasteiger partial charge in [0.2, 0.25) is 17.7 Å². The first-order valence-corrected chi connectivity index (χ1v) is 14.0. The van der Waals surface area contributed by atoms with Crippen LogP contribution in [-0.2, 0) is 32.1 Å². The molecule has 0 bridgehead atoms. The second-order valence-electron chi connectivity index (χ2n) is 10.6. The van der Waals surface area contributed by atoms with Crippen molar-refractivity contribution in [3.8, 4) is 0 Å². The summed E-state index contributed by atoms with van der Waals surface area (Å²) in [6, 6.07) is 15.2.